The van der Waals surface area contributed by atoms with E-state index in [1.165, 1.54) is 11.9 Å². The SMILES string of the molecule is CC(=O)N1N=C(c2cccs2)CC1c1cc2ccc(C)cc2nc1Cl. The van der Waals surface area contributed by atoms with Crippen molar-refractivity contribution in [2.45, 2.75) is 26.3 Å². The number of fused-ring (bicyclic) bond motifs is 1. The van der Waals surface area contributed by atoms with E-state index in [0.717, 1.165) is 32.6 Å². The van der Waals surface area contributed by atoms with Crippen LogP contribution in [0, 0.1) is 6.92 Å². The van der Waals surface area contributed by atoms with Gasteiger partial charge in [0.05, 0.1) is 22.1 Å². The number of aromatic nitrogens is 1. The molecule has 0 saturated carbocycles. The van der Waals surface area contributed by atoms with Crippen molar-refractivity contribution in [3.8, 4) is 0 Å². The molecular weight excluding hydrogens is 354 g/mol. The number of hydrazone groups is 1. The molecule has 3 heterocycles. The summed E-state index contributed by atoms with van der Waals surface area (Å²) in [6.45, 7) is 3.55. The van der Waals surface area contributed by atoms with Crippen molar-refractivity contribution < 1.29 is 4.79 Å². The molecule has 6 heteroatoms. The summed E-state index contributed by atoms with van der Waals surface area (Å²) in [4.78, 5) is 17.7. The maximum absolute atomic E-state index is 12.1. The zero-order chi connectivity index (χ0) is 17.6. The van der Waals surface area contributed by atoms with E-state index in [4.69, 9.17) is 11.6 Å². The Hall–Kier alpha value is -2.24. The second kappa shape index (κ2) is 6.24. The number of hydrogen-bond donors (Lipinski definition) is 0. The van der Waals surface area contributed by atoms with Crippen LogP contribution in [0.3, 0.4) is 0 Å². The smallest absolute Gasteiger partial charge is 0.240 e. The molecule has 1 aliphatic rings. The van der Waals surface area contributed by atoms with Crippen molar-refractivity contribution in [3.05, 3.63) is 62.9 Å². The quantitative estimate of drug-likeness (QED) is 0.599. The molecule has 0 fully saturated rings. The largest absolute Gasteiger partial charge is 0.273 e. The topological polar surface area (TPSA) is 45.6 Å². The van der Waals surface area contributed by atoms with E-state index in [2.05, 4.69) is 10.1 Å². The average molecular weight is 370 g/mol. The van der Waals surface area contributed by atoms with Crippen molar-refractivity contribution in [1.82, 2.24) is 9.99 Å². The number of carbonyl (C=O) groups excluding carboxylic acids is 1. The number of aryl methyl sites for hydroxylation is 1. The number of pyridine rings is 1. The number of nitrogens with zero attached hydrogens (tertiary/aromatic N) is 3. The van der Waals surface area contributed by atoms with Crippen LogP contribution in [-0.2, 0) is 4.79 Å². The molecule has 0 aliphatic carbocycles. The van der Waals surface area contributed by atoms with Gasteiger partial charge in [-0.2, -0.15) is 5.10 Å². The summed E-state index contributed by atoms with van der Waals surface area (Å²) in [7, 11) is 0. The lowest BCUT2D eigenvalue weighted by Gasteiger charge is -2.21. The van der Waals surface area contributed by atoms with E-state index in [9.17, 15) is 4.79 Å². The van der Waals surface area contributed by atoms with E-state index in [-0.39, 0.29) is 11.9 Å². The summed E-state index contributed by atoms with van der Waals surface area (Å²) in [6.07, 6.45) is 0.638. The third-order valence-electron chi connectivity index (χ3n) is 4.35. The predicted octanol–water partition coefficient (Wildman–Crippen LogP) is 4.96. The second-order valence-electron chi connectivity index (χ2n) is 6.17. The molecule has 0 N–H and O–H groups in total. The molecule has 25 heavy (non-hydrogen) atoms. The van der Waals surface area contributed by atoms with Gasteiger partial charge in [-0.25, -0.2) is 9.99 Å². The summed E-state index contributed by atoms with van der Waals surface area (Å²) in [5.41, 5.74) is 3.75. The Labute approximate surface area is 154 Å². The minimum Gasteiger partial charge on any atom is -0.273 e. The summed E-state index contributed by atoms with van der Waals surface area (Å²) in [5, 5.41) is 9.52. The molecule has 1 unspecified atom stereocenters. The molecule has 1 atom stereocenters. The molecule has 126 valence electrons. The van der Waals surface area contributed by atoms with Gasteiger partial charge >= 0.3 is 0 Å². The van der Waals surface area contributed by atoms with E-state index < -0.39 is 0 Å². The lowest BCUT2D eigenvalue weighted by Crippen LogP contribution is -2.24. The van der Waals surface area contributed by atoms with Crippen molar-refractivity contribution in [2.24, 2.45) is 5.10 Å². The van der Waals surface area contributed by atoms with Crippen LogP contribution in [0.4, 0.5) is 0 Å². The lowest BCUT2D eigenvalue weighted by atomic mass is 10.0. The van der Waals surface area contributed by atoms with Crippen molar-refractivity contribution >= 4 is 45.5 Å². The van der Waals surface area contributed by atoms with Crippen LogP contribution < -0.4 is 0 Å². The number of benzene rings is 1. The normalized spacial score (nSPS) is 17.2. The maximum Gasteiger partial charge on any atom is 0.240 e. The summed E-state index contributed by atoms with van der Waals surface area (Å²) >= 11 is 8.10. The van der Waals surface area contributed by atoms with E-state index in [1.807, 2.05) is 48.7 Å². The molecule has 0 bridgehead atoms. The molecule has 4 rings (SSSR count). The molecule has 1 amide bonds. The minimum absolute atomic E-state index is 0.100. The maximum atomic E-state index is 12.1. The minimum atomic E-state index is -0.222. The Morgan fingerprint density at radius 3 is 2.88 bits per heavy atom. The number of amides is 1. The molecule has 1 aromatic carbocycles. The van der Waals surface area contributed by atoms with E-state index in [1.54, 1.807) is 11.3 Å². The number of hydrogen-bond acceptors (Lipinski definition) is 4. The monoisotopic (exact) mass is 369 g/mol. The van der Waals surface area contributed by atoms with Crippen LogP contribution >= 0.6 is 22.9 Å². The Bertz CT molecular complexity index is 997. The Kier molecular flexibility index (Phi) is 4.06. The molecule has 0 saturated heterocycles. The number of carbonyl (C=O) groups is 1. The first-order chi connectivity index (χ1) is 12.0. The molecule has 4 nitrogen and oxygen atoms in total. The van der Waals surface area contributed by atoms with Gasteiger partial charge in [0, 0.05) is 24.3 Å². The van der Waals surface area contributed by atoms with Crippen LogP contribution in [0.1, 0.15) is 35.4 Å². The van der Waals surface area contributed by atoms with E-state index >= 15 is 0 Å². The number of thiophene rings is 1. The fraction of sp³-hybridized carbons (Fsp3) is 0.211. The zero-order valence-electron chi connectivity index (χ0n) is 13.9. The molecule has 1 aliphatic heterocycles. The van der Waals surface area contributed by atoms with E-state index in [0.29, 0.717) is 11.6 Å². The predicted molar refractivity (Wildman–Crippen MR) is 102 cm³/mol. The van der Waals surface area contributed by atoms with Gasteiger partial charge in [-0.05, 0) is 36.1 Å². The molecule has 3 aromatic rings. The van der Waals surface area contributed by atoms with Crippen LogP contribution in [0.15, 0.2) is 46.9 Å². The van der Waals surface area contributed by atoms with Gasteiger partial charge in [0.2, 0.25) is 5.91 Å². The summed E-state index contributed by atoms with van der Waals surface area (Å²) in [6, 6.07) is 11.9. The first kappa shape index (κ1) is 16.2. The highest BCUT2D eigenvalue weighted by molar-refractivity contribution is 7.12. The van der Waals surface area contributed by atoms with Gasteiger partial charge in [-0.1, -0.05) is 29.8 Å². The van der Waals surface area contributed by atoms with Crippen LogP contribution in [-0.4, -0.2) is 21.6 Å². The van der Waals surface area contributed by atoms with Gasteiger partial charge in [-0.3, -0.25) is 4.79 Å². The standard InChI is InChI=1S/C19H16ClN3OS/c1-11-5-6-13-9-14(19(20)21-15(13)8-11)17-10-16(18-4-3-7-25-18)22-23(17)12(2)24/h3-9,17H,10H2,1-2H3. The van der Waals surface area contributed by atoms with Gasteiger partial charge in [0.15, 0.2) is 0 Å². The van der Waals surface area contributed by atoms with Crippen molar-refractivity contribution in [2.75, 3.05) is 0 Å². The third kappa shape index (κ3) is 2.94. The van der Waals surface area contributed by atoms with Crippen molar-refractivity contribution in [1.29, 1.82) is 0 Å². The molecular formula is C19H16ClN3OS. The molecule has 0 spiro atoms. The Morgan fingerprint density at radius 2 is 2.16 bits per heavy atom. The van der Waals surface area contributed by atoms with Crippen LogP contribution in [0.2, 0.25) is 5.15 Å². The first-order valence-corrected chi connectivity index (χ1v) is 9.26. The first-order valence-electron chi connectivity index (χ1n) is 8.01. The van der Waals surface area contributed by atoms with Crippen LogP contribution in [0.5, 0.6) is 0 Å². The Morgan fingerprint density at radius 1 is 1.32 bits per heavy atom. The van der Waals surface area contributed by atoms with Gasteiger partial charge in [0.1, 0.15) is 5.15 Å². The average Bonchev–Trinajstić information content (AvgIpc) is 3.23. The van der Waals surface area contributed by atoms with Gasteiger partial charge < -0.3 is 0 Å². The lowest BCUT2D eigenvalue weighted by molar-refractivity contribution is -0.130. The fourth-order valence-corrected chi connectivity index (χ4v) is 4.13. The second-order valence-corrected chi connectivity index (χ2v) is 7.48. The third-order valence-corrected chi connectivity index (χ3v) is 5.57. The zero-order valence-corrected chi connectivity index (χ0v) is 15.4. The van der Waals surface area contributed by atoms with Gasteiger partial charge in [0.25, 0.3) is 0 Å². The highest BCUT2D eigenvalue weighted by atomic mass is 35.5. The van der Waals surface area contributed by atoms with Gasteiger partial charge in [-0.15, -0.1) is 11.3 Å². The Balaban J connectivity index is 1.78. The van der Waals surface area contributed by atoms with Crippen LogP contribution in [0.25, 0.3) is 10.9 Å². The highest BCUT2D eigenvalue weighted by Gasteiger charge is 2.33. The molecule has 2 aromatic heterocycles. The highest BCUT2D eigenvalue weighted by Crippen LogP contribution is 2.37. The number of rotatable bonds is 2. The van der Waals surface area contributed by atoms with Crippen molar-refractivity contribution in [3.63, 3.8) is 0 Å². The molecule has 0 radical (unpaired) electrons. The fourth-order valence-electron chi connectivity index (χ4n) is 3.14. The summed E-state index contributed by atoms with van der Waals surface area (Å²) in [5.74, 6) is -0.100. The summed E-state index contributed by atoms with van der Waals surface area (Å²) < 4.78 is 0. The number of halogens is 1.